The third kappa shape index (κ3) is 5.62. The van der Waals surface area contributed by atoms with Crippen LogP contribution in [-0.4, -0.2) is 24.3 Å². The zero-order valence-corrected chi connectivity index (χ0v) is 14.1. The van der Waals surface area contributed by atoms with Crippen LogP contribution in [-0.2, 0) is 9.53 Å². The number of fused-ring (bicyclic) bond motifs is 1. The highest BCUT2D eigenvalue weighted by atomic mass is 16.5. The second kappa shape index (κ2) is 9.46. The van der Waals surface area contributed by atoms with Crippen molar-refractivity contribution in [1.82, 2.24) is 10.3 Å². The van der Waals surface area contributed by atoms with E-state index in [1.54, 1.807) is 6.92 Å². The third-order valence-electron chi connectivity index (χ3n) is 3.59. The van der Waals surface area contributed by atoms with Crippen LogP contribution in [0.2, 0.25) is 0 Å². The van der Waals surface area contributed by atoms with Gasteiger partial charge in [-0.25, -0.2) is 0 Å². The van der Waals surface area contributed by atoms with E-state index in [1.807, 2.05) is 37.4 Å². The number of hydrogen-bond acceptors (Lipinski definition) is 4. The Morgan fingerprint density at radius 2 is 2.09 bits per heavy atom. The molecule has 1 aromatic carbocycles. The van der Waals surface area contributed by atoms with Crippen molar-refractivity contribution in [2.24, 2.45) is 5.92 Å². The maximum atomic E-state index is 11.0. The molecule has 0 radical (unpaired) electrons. The molecule has 1 heterocycles. The number of benzene rings is 1. The number of aromatic amines is 1. The van der Waals surface area contributed by atoms with Crippen molar-refractivity contribution in [1.29, 1.82) is 0 Å². The number of rotatable bonds is 6. The first-order valence-corrected chi connectivity index (χ1v) is 7.59. The number of nitrogens with one attached hydrogen (secondary N) is 2. The van der Waals surface area contributed by atoms with Gasteiger partial charge in [-0.15, -0.1) is 0 Å². The Balaban J connectivity index is 0.000000232. The predicted molar refractivity (Wildman–Crippen MR) is 92.0 cm³/mol. The lowest BCUT2D eigenvalue weighted by atomic mass is 10.1. The van der Waals surface area contributed by atoms with Crippen LogP contribution >= 0.6 is 0 Å². The third-order valence-corrected chi connectivity index (χ3v) is 3.59. The smallest absolute Gasteiger partial charge is 0.297 e. The van der Waals surface area contributed by atoms with Crippen molar-refractivity contribution in [2.75, 3.05) is 7.05 Å². The topological polar surface area (TPSA) is 71.2 Å². The van der Waals surface area contributed by atoms with E-state index < -0.39 is 0 Å². The zero-order chi connectivity index (χ0) is 17.2. The Morgan fingerprint density at radius 1 is 1.39 bits per heavy atom. The number of ketones is 1. The second-order valence-electron chi connectivity index (χ2n) is 5.19. The van der Waals surface area contributed by atoms with Crippen LogP contribution in [0.3, 0.4) is 0 Å². The van der Waals surface area contributed by atoms with Crippen molar-refractivity contribution in [3.8, 4) is 0 Å². The summed E-state index contributed by atoms with van der Waals surface area (Å²) in [7, 11) is 1.81. The van der Waals surface area contributed by atoms with Crippen molar-refractivity contribution >= 4 is 23.2 Å². The molecule has 1 atom stereocenters. The minimum Gasteiger partial charge on any atom is -0.435 e. The summed E-state index contributed by atoms with van der Waals surface area (Å²) in [4.78, 5) is 23.9. The van der Waals surface area contributed by atoms with Crippen LogP contribution in [0.25, 0.3) is 10.9 Å². The largest absolute Gasteiger partial charge is 0.435 e. The van der Waals surface area contributed by atoms with Crippen molar-refractivity contribution < 1.29 is 14.3 Å². The Labute approximate surface area is 136 Å². The summed E-state index contributed by atoms with van der Waals surface area (Å²) in [5.41, 5.74) is 2.64. The average molecular weight is 316 g/mol. The SMILES string of the molecule is CC(=O)c1cc2ccccc2[nH]1.CCC(C)/C(=C/OC=O)NC. The van der Waals surface area contributed by atoms with Crippen LogP contribution in [0, 0.1) is 5.92 Å². The number of hydrogen-bond donors (Lipinski definition) is 2. The van der Waals surface area contributed by atoms with Crippen LogP contribution in [0.1, 0.15) is 37.7 Å². The predicted octanol–water partition coefficient (Wildman–Crippen LogP) is 3.64. The number of ether oxygens (including phenoxy) is 1. The summed E-state index contributed by atoms with van der Waals surface area (Å²) >= 11 is 0. The number of allylic oxidation sites excluding steroid dienone is 1. The summed E-state index contributed by atoms with van der Waals surface area (Å²) in [6.45, 7) is 6.12. The fourth-order valence-corrected chi connectivity index (χ4v) is 2.01. The molecule has 2 aromatic rings. The molecule has 0 aliphatic heterocycles. The maximum absolute atomic E-state index is 11.0. The summed E-state index contributed by atoms with van der Waals surface area (Å²) in [6, 6.07) is 9.72. The molecule has 2 rings (SSSR count). The number of Topliss-reactive ketones (excluding diaryl/α,β-unsaturated/α-hetero) is 1. The van der Waals surface area contributed by atoms with Gasteiger partial charge in [0.05, 0.1) is 5.69 Å². The molecule has 2 N–H and O–H groups in total. The highest BCUT2D eigenvalue weighted by Crippen LogP contribution is 2.14. The van der Waals surface area contributed by atoms with Gasteiger partial charge in [-0.05, 0) is 24.5 Å². The lowest BCUT2D eigenvalue weighted by molar-refractivity contribution is -0.123. The average Bonchev–Trinajstić information content (AvgIpc) is 3.00. The Morgan fingerprint density at radius 3 is 2.61 bits per heavy atom. The molecule has 0 bridgehead atoms. The first-order valence-electron chi connectivity index (χ1n) is 7.59. The van der Waals surface area contributed by atoms with Gasteiger partial charge in [0.25, 0.3) is 6.47 Å². The zero-order valence-electron chi connectivity index (χ0n) is 14.1. The van der Waals surface area contributed by atoms with Crippen molar-refractivity contribution in [3.05, 3.63) is 48.0 Å². The van der Waals surface area contributed by atoms with Crippen molar-refractivity contribution in [3.63, 3.8) is 0 Å². The number of carbonyl (C=O) groups excluding carboxylic acids is 2. The van der Waals surface area contributed by atoms with E-state index in [0.29, 0.717) is 18.1 Å². The van der Waals surface area contributed by atoms with E-state index >= 15 is 0 Å². The first-order chi connectivity index (χ1) is 11.0. The van der Waals surface area contributed by atoms with Gasteiger partial charge in [0.15, 0.2) is 5.78 Å². The highest BCUT2D eigenvalue weighted by Gasteiger charge is 2.04. The molecule has 5 heteroatoms. The minimum atomic E-state index is 0.0752. The maximum Gasteiger partial charge on any atom is 0.297 e. The van der Waals surface area contributed by atoms with E-state index in [2.05, 4.69) is 28.9 Å². The summed E-state index contributed by atoms with van der Waals surface area (Å²) in [5, 5.41) is 4.05. The normalized spacial score (nSPS) is 12.1. The molecule has 0 saturated heterocycles. The molecular formula is C18H24N2O3. The second-order valence-corrected chi connectivity index (χ2v) is 5.19. The number of para-hydroxylation sites is 1. The molecule has 124 valence electrons. The van der Waals surface area contributed by atoms with Gasteiger partial charge in [-0.3, -0.25) is 9.59 Å². The molecule has 0 saturated carbocycles. The molecule has 23 heavy (non-hydrogen) atoms. The summed E-state index contributed by atoms with van der Waals surface area (Å²) in [5.74, 6) is 0.478. The molecule has 1 aromatic heterocycles. The van der Waals surface area contributed by atoms with Gasteiger partial charge in [0, 0.05) is 30.6 Å². The van der Waals surface area contributed by atoms with Gasteiger partial charge < -0.3 is 15.0 Å². The lowest BCUT2D eigenvalue weighted by Crippen LogP contribution is -2.13. The van der Waals surface area contributed by atoms with E-state index in [9.17, 15) is 9.59 Å². The quantitative estimate of drug-likeness (QED) is 0.485. The van der Waals surface area contributed by atoms with Gasteiger partial charge in [0.2, 0.25) is 0 Å². The standard InChI is InChI=1S/C10H9NO.C8H15NO2/c1-7(12)10-6-8-4-2-3-5-9(8)11-10;1-4-7(2)8(9-3)5-11-6-10/h2-6,11H,1H3;5-7,9H,4H2,1-3H3/b;8-5-. The molecule has 0 spiro atoms. The molecule has 0 aliphatic rings. The minimum absolute atomic E-state index is 0.0752. The van der Waals surface area contributed by atoms with E-state index in [1.165, 1.54) is 6.26 Å². The lowest BCUT2D eigenvalue weighted by Gasteiger charge is -2.11. The van der Waals surface area contributed by atoms with Crippen LogP contribution in [0.5, 0.6) is 0 Å². The van der Waals surface area contributed by atoms with Crippen LogP contribution in [0.4, 0.5) is 0 Å². The molecule has 5 nitrogen and oxygen atoms in total. The van der Waals surface area contributed by atoms with Gasteiger partial charge in [-0.2, -0.15) is 0 Å². The van der Waals surface area contributed by atoms with Crippen LogP contribution in [0.15, 0.2) is 42.3 Å². The fraction of sp³-hybridized carbons (Fsp3) is 0.333. The monoisotopic (exact) mass is 316 g/mol. The van der Waals surface area contributed by atoms with Gasteiger partial charge in [0.1, 0.15) is 6.26 Å². The van der Waals surface area contributed by atoms with Gasteiger partial charge in [-0.1, -0.05) is 32.0 Å². The molecule has 0 amide bonds. The number of aromatic nitrogens is 1. The molecule has 1 unspecified atom stereocenters. The Hall–Kier alpha value is -2.56. The van der Waals surface area contributed by atoms with Crippen molar-refractivity contribution in [2.45, 2.75) is 27.2 Å². The highest BCUT2D eigenvalue weighted by molar-refractivity contribution is 5.97. The van der Waals surface area contributed by atoms with E-state index in [-0.39, 0.29) is 5.78 Å². The van der Waals surface area contributed by atoms with E-state index in [0.717, 1.165) is 23.0 Å². The van der Waals surface area contributed by atoms with E-state index in [4.69, 9.17) is 0 Å². The fourth-order valence-electron chi connectivity index (χ4n) is 2.01. The number of carbonyl (C=O) groups is 2. The molecule has 0 aliphatic carbocycles. The summed E-state index contributed by atoms with van der Waals surface area (Å²) < 4.78 is 4.50. The van der Waals surface area contributed by atoms with Gasteiger partial charge >= 0.3 is 0 Å². The molecule has 0 fully saturated rings. The Bertz CT molecular complexity index is 641. The van der Waals surface area contributed by atoms with Crippen LogP contribution < -0.4 is 5.32 Å². The molecular weight excluding hydrogens is 292 g/mol. The Kier molecular flexibility index (Phi) is 7.60. The first kappa shape index (κ1) is 18.5. The summed E-state index contributed by atoms with van der Waals surface area (Å²) in [6.07, 6.45) is 2.47. The number of H-pyrrole nitrogens is 1.